The van der Waals surface area contributed by atoms with Crippen molar-refractivity contribution in [1.29, 1.82) is 0 Å². The van der Waals surface area contributed by atoms with Gasteiger partial charge in [-0.25, -0.2) is 4.79 Å². The second kappa shape index (κ2) is 12.7. The predicted molar refractivity (Wildman–Crippen MR) is 203 cm³/mol. The van der Waals surface area contributed by atoms with Gasteiger partial charge in [0.05, 0.1) is 24.2 Å². The Hall–Kier alpha value is -1.71. The fraction of sp³-hybridized carbons (Fsp3) is 0.762. The van der Waals surface area contributed by atoms with E-state index in [1.54, 1.807) is 0 Å². The molecule has 5 aliphatic carbocycles. The molecular weight excluding hydrogens is 645 g/mol. The lowest BCUT2D eigenvalue weighted by atomic mass is 9.33. The maximum absolute atomic E-state index is 13.4. The smallest absolute Gasteiger partial charge is 0.337 e. The molecule has 0 aromatic heterocycles. The van der Waals surface area contributed by atoms with Crippen LogP contribution in [-0.2, 0) is 9.53 Å². The molecule has 50 heavy (non-hydrogen) atoms. The van der Waals surface area contributed by atoms with Crippen LogP contribution in [0.15, 0.2) is 30.3 Å². The molecule has 8 heteroatoms. The molecule has 0 radical (unpaired) electrons. The third-order valence-corrected chi connectivity index (χ3v) is 18.2. The second-order valence-electron chi connectivity index (χ2n) is 18.7. The van der Waals surface area contributed by atoms with E-state index in [9.17, 15) is 18.7 Å². The second-order valence-corrected chi connectivity index (χ2v) is 21.1. The van der Waals surface area contributed by atoms with Crippen LogP contribution in [0.1, 0.15) is 115 Å². The third kappa shape index (κ3) is 5.59. The van der Waals surface area contributed by atoms with Gasteiger partial charge in [0.25, 0.3) is 0 Å². The Morgan fingerprint density at radius 1 is 0.900 bits per heavy atom. The zero-order chi connectivity index (χ0) is 35.9. The van der Waals surface area contributed by atoms with Gasteiger partial charge < -0.3 is 10.1 Å². The lowest BCUT2D eigenvalue weighted by molar-refractivity contribution is -0.220. The standard InChI is InChI=1S/C42H64N2O5S/c1-28(45)31-14-19-42(43-22-23-44-24-26-50(47,48)27-25-44)21-20-40(5)33(36(31)42)12-13-35-39(4)17-15-32(29-8-10-30(11-9-29)37(46)49-7)38(2,3)34(39)16-18-41(35,40)6/h8-11,15,31,33-36,43,47-48H,12-14,16-27H2,1-7H3/t31-,33+,34-,35+,36+,39-,40+,41+,42-/m0/s1. The van der Waals surface area contributed by atoms with Crippen molar-refractivity contribution in [3.8, 4) is 0 Å². The Kier molecular flexibility index (Phi) is 9.31. The van der Waals surface area contributed by atoms with Gasteiger partial charge in [0.2, 0.25) is 0 Å². The largest absolute Gasteiger partial charge is 0.465 e. The Labute approximate surface area is 303 Å². The van der Waals surface area contributed by atoms with E-state index in [4.69, 9.17) is 4.74 Å². The van der Waals surface area contributed by atoms with E-state index in [-0.39, 0.29) is 39.1 Å². The number of rotatable bonds is 7. The lowest BCUT2D eigenvalue weighted by Crippen LogP contribution is -2.68. The maximum atomic E-state index is 13.4. The van der Waals surface area contributed by atoms with Crippen molar-refractivity contribution < 1.29 is 23.4 Å². The lowest BCUT2D eigenvalue weighted by Gasteiger charge is -2.72. The van der Waals surface area contributed by atoms with Crippen LogP contribution in [-0.4, -0.2) is 76.1 Å². The minimum atomic E-state index is -2.39. The minimum absolute atomic E-state index is 0.0151. The molecule has 9 atom stereocenters. The Balaban J connectivity index is 1.14. The quantitative estimate of drug-likeness (QED) is 0.244. The van der Waals surface area contributed by atoms with Crippen LogP contribution in [0.25, 0.3) is 5.57 Å². The van der Waals surface area contributed by atoms with Crippen LogP contribution in [0.5, 0.6) is 0 Å². The normalized spacial score (nSPS) is 42.6. The molecule has 1 aromatic carbocycles. The van der Waals surface area contributed by atoms with Crippen LogP contribution in [0, 0.1) is 51.2 Å². The van der Waals surface area contributed by atoms with E-state index >= 15 is 0 Å². The average molecular weight is 709 g/mol. The Bertz CT molecular complexity index is 1510. The highest BCUT2D eigenvalue weighted by molar-refractivity contribution is 8.24. The fourth-order valence-electron chi connectivity index (χ4n) is 13.8. The van der Waals surface area contributed by atoms with Gasteiger partial charge in [-0.2, -0.15) is 10.6 Å². The number of ketones is 1. The van der Waals surface area contributed by atoms with E-state index in [0.29, 0.717) is 46.5 Å². The summed E-state index contributed by atoms with van der Waals surface area (Å²) >= 11 is 0. The van der Waals surface area contributed by atoms with Crippen LogP contribution < -0.4 is 5.32 Å². The number of hydrogen-bond donors (Lipinski definition) is 3. The number of allylic oxidation sites excluding steroid dienone is 2. The van der Waals surface area contributed by atoms with Crippen LogP contribution >= 0.6 is 10.6 Å². The number of nitrogens with one attached hydrogen (secondary N) is 1. The monoisotopic (exact) mass is 708 g/mol. The van der Waals surface area contributed by atoms with Crippen molar-refractivity contribution in [2.24, 2.45) is 51.2 Å². The number of esters is 1. The molecule has 0 unspecified atom stereocenters. The molecule has 3 N–H and O–H groups in total. The van der Waals surface area contributed by atoms with Gasteiger partial charge in [-0.05, 0) is 133 Å². The number of carbonyl (C=O) groups is 2. The Morgan fingerprint density at radius 2 is 1.60 bits per heavy atom. The number of fused-ring (bicyclic) bond motifs is 7. The minimum Gasteiger partial charge on any atom is -0.465 e. The number of ether oxygens (including phenoxy) is 1. The molecule has 1 aliphatic heterocycles. The van der Waals surface area contributed by atoms with Gasteiger partial charge in [0.1, 0.15) is 5.78 Å². The predicted octanol–water partition coefficient (Wildman–Crippen LogP) is 8.55. The molecule has 0 amide bonds. The van der Waals surface area contributed by atoms with Gasteiger partial charge in [-0.3, -0.25) is 18.8 Å². The first-order valence-electron chi connectivity index (χ1n) is 19.6. The Morgan fingerprint density at radius 3 is 2.26 bits per heavy atom. The summed E-state index contributed by atoms with van der Waals surface area (Å²) < 4.78 is 25.2. The average Bonchev–Trinajstić information content (AvgIpc) is 3.45. The topological polar surface area (TPSA) is 99.1 Å². The van der Waals surface area contributed by atoms with E-state index in [0.717, 1.165) is 51.9 Å². The van der Waals surface area contributed by atoms with Gasteiger partial charge in [-0.1, -0.05) is 52.8 Å². The molecule has 1 aromatic rings. The van der Waals surface area contributed by atoms with Crippen LogP contribution in [0.3, 0.4) is 0 Å². The fourth-order valence-corrected chi connectivity index (χ4v) is 15.1. The number of benzene rings is 1. The summed E-state index contributed by atoms with van der Waals surface area (Å²) in [5.74, 6) is 3.37. The summed E-state index contributed by atoms with van der Waals surface area (Å²) in [5, 5.41) is 4.14. The third-order valence-electron chi connectivity index (χ3n) is 16.5. The van der Waals surface area contributed by atoms with Crippen molar-refractivity contribution in [1.82, 2.24) is 10.2 Å². The number of Topliss-reactive ketones (excluding diaryl/α,β-unsaturated/α-hetero) is 1. The van der Waals surface area contributed by atoms with Crippen LogP contribution in [0.2, 0.25) is 0 Å². The van der Waals surface area contributed by atoms with Crippen LogP contribution in [0.4, 0.5) is 0 Å². The highest BCUT2D eigenvalue weighted by atomic mass is 32.3. The molecule has 278 valence electrons. The van der Waals surface area contributed by atoms with Crippen molar-refractivity contribution >= 4 is 27.9 Å². The summed E-state index contributed by atoms with van der Waals surface area (Å²) in [4.78, 5) is 27.9. The van der Waals surface area contributed by atoms with Gasteiger partial charge in [0, 0.05) is 37.6 Å². The first-order chi connectivity index (χ1) is 23.5. The molecule has 7 rings (SSSR count). The number of carbonyl (C=O) groups excluding carboxylic acids is 2. The molecule has 0 bridgehead atoms. The van der Waals surface area contributed by atoms with E-state index in [1.807, 2.05) is 19.1 Å². The number of hydrogen-bond acceptors (Lipinski definition) is 7. The van der Waals surface area contributed by atoms with Gasteiger partial charge in [0.15, 0.2) is 0 Å². The van der Waals surface area contributed by atoms with Gasteiger partial charge >= 0.3 is 5.97 Å². The molecular formula is C42H64N2O5S. The van der Waals surface area contributed by atoms with Crippen molar-refractivity contribution in [3.63, 3.8) is 0 Å². The van der Waals surface area contributed by atoms with Gasteiger partial charge in [-0.15, -0.1) is 0 Å². The van der Waals surface area contributed by atoms with E-state index in [2.05, 4.69) is 63.0 Å². The van der Waals surface area contributed by atoms with Crippen molar-refractivity contribution in [2.45, 2.75) is 105 Å². The zero-order valence-corrected chi connectivity index (χ0v) is 32.7. The number of nitrogens with zero attached hydrogens (tertiary/aromatic N) is 1. The molecule has 7 nitrogen and oxygen atoms in total. The molecule has 1 heterocycles. The SMILES string of the molecule is COC(=O)c1ccc(C2=CC[C@]3(C)[C@H]4CC[C@@H]5[C@H]6[C@H](C(C)=O)CC[C@]6(NCCN6CCS(O)(O)CC6)CC[C@@]5(C)[C@]4(C)CC[C@H]3C2(C)C)cc1. The first kappa shape index (κ1) is 36.6. The summed E-state index contributed by atoms with van der Waals surface area (Å²) in [6.07, 6.45) is 13.0. The highest BCUT2D eigenvalue weighted by Crippen LogP contribution is 2.76. The summed E-state index contributed by atoms with van der Waals surface area (Å²) in [6, 6.07) is 8.04. The number of methoxy groups -OCH3 is 1. The van der Waals surface area contributed by atoms with Crippen molar-refractivity contribution in [3.05, 3.63) is 41.5 Å². The van der Waals surface area contributed by atoms with E-state index in [1.165, 1.54) is 50.4 Å². The molecule has 0 spiro atoms. The molecule has 4 saturated carbocycles. The zero-order valence-electron chi connectivity index (χ0n) is 31.9. The van der Waals surface area contributed by atoms with E-state index < -0.39 is 10.6 Å². The molecule has 5 fully saturated rings. The first-order valence-corrected chi connectivity index (χ1v) is 21.5. The van der Waals surface area contributed by atoms with Crippen molar-refractivity contribution in [2.75, 3.05) is 44.8 Å². The maximum Gasteiger partial charge on any atom is 0.337 e. The highest BCUT2D eigenvalue weighted by Gasteiger charge is 2.70. The summed E-state index contributed by atoms with van der Waals surface area (Å²) in [6.45, 7) is 18.1. The summed E-state index contributed by atoms with van der Waals surface area (Å²) in [5.41, 5.74) is 3.89. The summed E-state index contributed by atoms with van der Waals surface area (Å²) in [7, 11) is -0.951. The molecule has 6 aliphatic rings. The molecule has 1 saturated heterocycles.